The van der Waals surface area contributed by atoms with Gasteiger partial charge >= 0.3 is 14.1 Å². The molecule has 0 radical (unpaired) electrons. The molecular weight excluding hydrogens is 1170 g/mol. The highest BCUT2D eigenvalue weighted by Gasteiger charge is 2.33. The van der Waals surface area contributed by atoms with Crippen molar-refractivity contribution in [3.05, 3.63) is 144 Å². The van der Waals surface area contributed by atoms with E-state index in [-0.39, 0.29) is 85.7 Å². The number of phenolic OH excluding ortho intramolecular Hbond substituents is 3. The largest absolute Gasteiger partial charge is 0.508 e. The van der Waals surface area contributed by atoms with Crippen LogP contribution < -0.4 is 5.32 Å². The molecule has 3 atom stereocenters. The second-order valence-corrected chi connectivity index (χ2v) is 32.0. The lowest BCUT2D eigenvalue weighted by Crippen LogP contribution is -2.34. The number of hydrogen-bond donors (Lipinski definition) is 6. The lowest BCUT2D eigenvalue weighted by Gasteiger charge is -2.17. The van der Waals surface area contributed by atoms with Gasteiger partial charge in [0.1, 0.15) is 17.2 Å². The molecule has 0 saturated carbocycles. The van der Waals surface area contributed by atoms with E-state index >= 15 is 0 Å². The average Bonchev–Trinajstić information content (AvgIpc) is 4.40. The topological polar surface area (TPSA) is 290 Å². The molecule has 82 heavy (non-hydrogen) atoms. The Bertz CT molecular complexity index is 3850. The highest BCUT2D eigenvalue weighted by Crippen LogP contribution is 2.39. The van der Waals surface area contributed by atoms with Gasteiger partial charge in [0, 0.05) is 29.2 Å². The number of sulfone groups is 5. The molecule has 3 saturated heterocycles. The third kappa shape index (κ3) is 14.8. The first kappa shape index (κ1) is 64.3. The van der Waals surface area contributed by atoms with Crippen molar-refractivity contribution in [1.82, 2.24) is 14.9 Å². The molecule has 0 aliphatic carbocycles. The first-order valence-corrected chi connectivity index (χ1v) is 35.6. The number of nitrogens with one attached hydrogen (secondary N) is 1. The Morgan fingerprint density at radius 1 is 0.476 bits per heavy atom. The Labute approximate surface area is 487 Å². The third-order valence-corrected chi connectivity index (χ3v) is 24.5. The van der Waals surface area contributed by atoms with E-state index in [4.69, 9.17) is 0 Å². The summed E-state index contributed by atoms with van der Waals surface area (Å²) in [4.78, 5) is 4.56. The quantitative estimate of drug-likeness (QED) is 0.0387. The minimum atomic E-state index is -3.99. The molecule has 26 heteroatoms. The van der Waals surface area contributed by atoms with Gasteiger partial charge in [-0.3, -0.25) is 0 Å². The zero-order valence-electron chi connectivity index (χ0n) is 46.2. The van der Waals surface area contributed by atoms with Crippen LogP contribution >= 0.6 is 11.8 Å². The molecule has 6 aromatic rings. The standard InChI is InChI=1S/C19H24BNO6S2.C19H24BNO4S2.C18H21NO5S2/c1-3-28(24,25)15-5-4-6-16(11-15)29(26,27)17-7-8-18(19(22)12-17)14-9-10-21(13-14)20(2)23;1-3-26-15-5-4-6-16(11-15)27(24,25)17-7-8-18(19(22)12-17)14-9-10-21(13-14)20(2)23;1-2-25(21,22)14-4-3-5-15(10-14)26(23,24)16-6-7-17(18(20)11-16)13-8-9-19-12-13/h4-8,11-12,14,22-23H,3,9-10,13H2,1-2H3;4-8,11-12,14,22-23H,3,9-10,13H2,1-2H3;3-7,10-11,13,19-20H,2,8-9,12H2,1H3. The second-order valence-electron chi connectivity index (χ2n) is 20.3. The van der Waals surface area contributed by atoms with Gasteiger partial charge in [-0.25, -0.2) is 42.1 Å². The van der Waals surface area contributed by atoms with Crippen molar-refractivity contribution in [3.63, 3.8) is 0 Å². The lowest BCUT2D eigenvalue weighted by molar-refractivity contribution is 0.417. The van der Waals surface area contributed by atoms with Gasteiger partial charge < -0.3 is 40.3 Å². The van der Waals surface area contributed by atoms with Crippen LogP contribution in [0.3, 0.4) is 0 Å². The number of phenols is 3. The van der Waals surface area contributed by atoms with E-state index in [0.29, 0.717) is 25.2 Å². The summed E-state index contributed by atoms with van der Waals surface area (Å²) in [5.74, 6) is 0.678. The zero-order chi connectivity index (χ0) is 60.0. The number of aromatic hydroxyl groups is 3. The number of thioether (sulfide) groups is 1. The highest BCUT2D eigenvalue weighted by molar-refractivity contribution is 7.99. The fourth-order valence-corrected chi connectivity index (χ4v) is 16.9. The van der Waals surface area contributed by atoms with Crippen molar-refractivity contribution in [3.8, 4) is 17.2 Å². The van der Waals surface area contributed by atoms with E-state index in [1.165, 1.54) is 86.6 Å². The molecule has 6 N–H and O–H groups in total. The molecule has 3 heterocycles. The lowest BCUT2D eigenvalue weighted by atomic mass is 9.85. The number of rotatable bonds is 17. The molecule has 9 rings (SSSR count). The van der Waals surface area contributed by atoms with Gasteiger partial charge in [-0.1, -0.05) is 57.2 Å². The van der Waals surface area contributed by atoms with Crippen LogP contribution in [0, 0.1) is 0 Å². The summed E-state index contributed by atoms with van der Waals surface area (Å²) in [5.41, 5.74) is 2.08. The number of benzene rings is 6. The molecule has 0 bridgehead atoms. The van der Waals surface area contributed by atoms with Crippen molar-refractivity contribution in [1.29, 1.82) is 0 Å². The fourth-order valence-electron chi connectivity index (χ4n) is 10.1. The summed E-state index contributed by atoms with van der Waals surface area (Å²) in [6, 6.07) is 30.6. The SMILES string of the molecule is CCS(=O)(=O)c1cccc(S(=O)(=O)c2ccc(C3CCN(B(C)O)C3)c(O)c2)c1.CCS(=O)(=O)c1cccc(S(=O)(=O)c2ccc(C3CCNC3)c(O)c2)c1.CCSc1cccc(S(=O)(=O)c2ccc(C3CCN(B(C)O)C3)c(O)c2)c1. The van der Waals surface area contributed by atoms with Crippen molar-refractivity contribution >= 4 is 75.0 Å². The molecular formula is C56H69B2N3O15S6. The highest BCUT2D eigenvalue weighted by atomic mass is 32.2. The molecule has 0 amide bonds. The maximum absolute atomic E-state index is 13.0. The zero-order valence-corrected chi connectivity index (χ0v) is 51.1. The second kappa shape index (κ2) is 26.8. The molecule has 0 aromatic heterocycles. The van der Waals surface area contributed by atoms with Crippen LogP contribution in [0.25, 0.3) is 0 Å². The average molecular weight is 1240 g/mol. The van der Waals surface area contributed by atoms with Gasteiger partial charge in [-0.2, -0.15) is 0 Å². The van der Waals surface area contributed by atoms with Crippen molar-refractivity contribution in [2.75, 3.05) is 56.5 Å². The molecule has 3 fully saturated rings. The Hall–Kier alpha value is -5.25. The van der Waals surface area contributed by atoms with E-state index in [1.54, 1.807) is 67.9 Å². The van der Waals surface area contributed by atoms with Gasteiger partial charge in [-0.05, 0) is 179 Å². The van der Waals surface area contributed by atoms with E-state index in [2.05, 4.69) is 5.32 Å². The Kier molecular flexibility index (Phi) is 21.0. The van der Waals surface area contributed by atoms with Crippen LogP contribution in [0.15, 0.2) is 171 Å². The molecule has 3 unspecified atom stereocenters. The molecule has 18 nitrogen and oxygen atoms in total. The minimum absolute atomic E-state index is 0.000575. The van der Waals surface area contributed by atoms with Crippen LogP contribution in [0.2, 0.25) is 13.6 Å². The summed E-state index contributed by atoms with van der Waals surface area (Å²) >= 11 is 1.59. The molecule has 440 valence electrons. The third-order valence-electron chi connectivity index (χ3n) is 14.9. The minimum Gasteiger partial charge on any atom is -0.508 e. The summed E-state index contributed by atoms with van der Waals surface area (Å²) < 4.78 is 126. The van der Waals surface area contributed by atoms with E-state index in [9.17, 15) is 67.5 Å². The van der Waals surface area contributed by atoms with Gasteiger partial charge in [0.05, 0.1) is 50.7 Å². The Morgan fingerprint density at radius 2 is 0.829 bits per heavy atom. The van der Waals surface area contributed by atoms with Crippen LogP contribution in [0.4, 0.5) is 0 Å². The van der Waals surface area contributed by atoms with Crippen molar-refractivity contribution < 1.29 is 67.5 Å². The molecule has 3 aliphatic rings. The maximum Gasteiger partial charge on any atom is 0.376 e. The first-order chi connectivity index (χ1) is 38.6. The van der Waals surface area contributed by atoms with Gasteiger partial charge in [-0.15, -0.1) is 11.8 Å². The normalized spacial score (nSPS) is 18.1. The van der Waals surface area contributed by atoms with Gasteiger partial charge in [0.2, 0.25) is 29.5 Å². The van der Waals surface area contributed by atoms with E-state index in [0.717, 1.165) is 66.7 Å². The first-order valence-electron chi connectivity index (χ1n) is 26.8. The van der Waals surface area contributed by atoms with Crippen LogP contribution in [0.1, 0.15) is 74.5 Å². The smallest absolute Gasteiger partial charge is 0.376 e. The maximum atomic E-state index is 13.0. The summed E-state index contributed by atoms with van der Waals surface area (Å²) in [7, 11) is -19.8. The summed E-state index contributed by atoms with van der Waals surface area (Å²) in [6.07, 6.45) is 2.46. The van der Waals surface area contributed by atoms with Gasteiger partial charge in [0.25, 0.3) is 0 Å². The predicted octanol–water partition coefficient (Wildman–Crippen LogP) is 7.25. The van der Waals surface area contributed by atoms with E-state index in [1.807, 2.05) is 22.6 Å². The number of nitrogens with zero attached hydrogens (tertiary/aromatic N) is 2. The van der Waals surface area contributed by atoms with E-state index < -0.39 is 63.3 Å². The summed E-state index contributed by atoms with van der Waals surface area (Å²) in [6.45, 7) is 12.7. The molecule has 6 aromatic carbocycles. The predicted molar refractivity (Wildman–Crippen MR) is 318 cm³/mol. The van der Waals surface area contributed by atoms with Crippen molar-refractivity contribution in [2.24, 2.45) is 0 Å². The monoisotopic (exact) mass is 1240 g/mol. The molecule has 0 spiro atoms. The number of hydrogen-bond acceptors (Lipinski definition) is 19. The van der Waals surface area contributed by atoms with Crippen LogP contribution in [-0.2, 0) is 49.2 Å². The van der Waals surface area contributed by atoms with Crippen LogP contribution in [-0.4, -0.2) is 148 Å². The van der Waals surface area contributed by atoms with Crippen LogP contribution in [0.5, 0.6) is 17.2 Å². The Balaban J connectivity index is 0.000000177. The molecule has 3 aliphatic heterocycles. The summed E-state index contributed by atoms with van der Waals surface area (Å²) in [5, 5.41) is 53.9. The Morgan fingerprint density at radius 3 is 1.16 bits per heavy atom. The van der Waals surface area contributed by atoms with Crippen molar-refractivity contribution in [2.45, 2.75) is 115 Å². The fraction of sp³-hybridized carbons (Fsp3) is 0.357. The van der Waals surface area contributed by atoms with Gasteiger partial charge in [0.15, 0.2) is 19.7 Å².